The summed E-state index contributed by atoms with van der Waals surface area (Å²) in [7, 11) is 1.89. The molecule has 2 heterocycles. The normalized spacial score (nSPS) is 14.5. The van der Waals surface area contributed by atoms with Crippen LogP contribution in [-0.2, 0) is 0 Å². The Balaban J connectivity index is 1.67. The molecule has 106 valence electrons. The second kappa shape index (κ2) is 5.27. The highest BCUT2D eigenvalue weighted by molar-refractivity contribution is 8.01. The summed E-state index contributed by atoms with van der Waals surface area (Å²) < 4.78 is 2.24. The van der Waals surface area contributed by atoms with E-state index in [1.165, 1.54) is 17.5 Å². The zero-order valence-corrected chi connectivity index (χ0v) is 13.2. The van der Waals surface area contributed by atoms with Gasteiger partial charge < -0.3 is 5.32 Å². The van der Waals surface area contributed by atoms with Gasteiger partial charge in [-0.25, -0.2) is 15.0 Å². The first-order valence-electron chi connectivity index (χ1n) is 6.92. The number of nitrogens with zero attached hydrogens (tertiary/aromatic N) is 3. The van der Waals surface area contributed by atoms with Crippen LogP contribution >= 0.6 is 23.1 Å². The maximum absolute atomic E-state index is 4.69. The van der Waals surface area contributed by atoms with Crippen molar-refractivity contribution in [2.45, 2.75) is 28.1 Å². The third kappa shape index (κ3) is 2.73. The summed E-state index contributed by atoms with van der Waals surface area (Å²) in [5.41, 5.74) is 1.05. The van der Waals surface area contributed by atoms with E-state index in [4.69, 9.17) is 0 Å². The molecule has 2 aromatic heterocycles. The molecule has 6 heteroatoms. The Morgan fingerprint density at radius 3 is 2.81 bits per heavy atom. The molecular weight excluding hydrogens is 300 g/mol. The second-order valence-corrected chi connectivity index (χ2v) is 7.32. The van der Waals surface area contributed by atoms with E-state index < -0.39 is 0 Å². The molecule has 0 amide bonds. The van der Waals surface area contributed by atoms with E-state index in [9.17, 15) is 0 Å². The van der Waals surface area contributed by atoms with Crippen molar-refractivity contribution in [3.05, 3.63) is 36.2 Å². The fourth-order valence-corrected chi connectivity index (χ4v) is 4.15. The Morgan fingerprint density at radius 1 is 1.19 bits per heavy atom. The lowest BCUT2D eigenvalue weighted by Crippen LogP contribution is -1.99. The minimum absolute atomic E-state index is 0.549. The maximum Gasteiger partial charge on any atom is 0.157 e. The Kier molecular flexibility index (Phi) is 3.27. The van der Waals surface area contributed by atoms with Crippen LogP contribution in [0, 0.1) is 0 Å². The molecule has 0 spiro atoms. The molecule has 21 heavy (non-hydrogen) atoms. The summed E-state index contributed by atoms with van der Waals surface area (Å²) in [6.07, 6.45) is 2.41. The fourth-order valence-electron chi connectivity index (χ4n) is 2.13. The highest BCUT2D eigenvalue weighted by Gasteiger charge is 2.27. The number of rotatable bonds is 4. The summed E-state index contributed by atoms with van der Waals surface area (Å²) in [4.78, 5) is 13.9. The lowest BCUT2D eigenvalue weighted by molar-refractivity contribution is 0.880. The number of nitrogens with one attached hydrogen (secondary N) is 1. The van der Waals surface area contributed by atoms with E-state index in [0.29, 0.717) is 5.92 Å². The predicted molar refractivity (Wildman–Crippen MR) is 87.3 cm³/mol. The summed E-state index contributed by atoms with van der Waals surface area (Å²) in [5.74, 6) is 2.40. The van der Waals surface area contributed by atoms with Crippen LogP contribution in [0.15, 0.2) is 39.7 Å². The van der Waals surface area contributed by atoms with Crippen LogP contribution in [0.4, 0.5) is 5.82 Å². The van der Waals surface area contributed by atoms with Gasteiger partial charge in [-0.05, 0) is 36.7 Å². The van der Waals surface area contributed by atoms with Crippen LogP contribution in [0.3, 0.4) is 0 Å². The minimum Gasteiger partial charge on any atom is -0.373 e. The van der Waals surface area contributed by atoms with E-state index in [1.54, 1.807) is 23.1 Å². The summed E-state index contributed by atoms with van der Waals surface area (Å²) in [5, 5.41) is 4.09. The molecule has 0 aliphatic heterocycles. The zero-order chi connectivity index (χ0) is 14.2. The van der Waals surface area contributed by atoms with Crippen LogP contribution in [0.2, 0.25) is 0 Å². The fraction of sp³-hybridized carbons (Fsp3) is 0.267. The Hall–Kier alpha value is -1.66. The van der Waals surface area contributed by atoms with Crippen molar-refractivity contribution < 1.29 is 0 Å². The molecule has 1 aliphatic rings. The van der Waals surface area contributed by atoms with Crippen LogP contribution in [0.1, 0.15) is 24.6 Å². The number of hydrogen-bond donors (Lipinski definition) is 1. The maximum atomic E-state index is 4.69. The first kappa shape index (κ1) is 13.0. The molecule has 0 unspecified atom stereocenters. The van der Waals surface area contributed by atoms with Gasteiger partial charge in [0.05, 0.1) is 10.2 Å². The van der Waals surface area contributed by atoms with E-state index in [0.717, 1.165) is 26.5 Å². The van der Waals surface area contributed by atoms with Gasteiger partial charge in [0.15, 0.2) is 4.34 Å². The quantitative estimate of drug-likeness (QED) is 0.733. The highest BCUT2D eigenvalue weighted by atomic mass is 32.2. The van der Waals surface area contributed by atoms with Gasteiger partial charge in [0.25, 0.3) is 0 Å². The summed E-state index contributed by atoms with van der Waals surface area (Å²) in [6.45, 7) is 0. The number of anilines is 1. The first-order chi connectivity index (χ1) is 10.3. The van der Waals surface area contributed by atoms with Gasteiger partial charge in [0.2, 0.25) is 0 Å². The van der Waals surface area contributed by atoms with Gasteiger partial charge in [-0.15, -0.1) is 11.3 Å². The van der Waals surface area contributed by atoms with Gasteiger partial charge in [-0.2, -0.15) is 0 Å². The second-order valence-electron chi connectivity index (χ2n) is 5.02. The Labute approximate surface area is 131 Å². The van der Waals surface area contributed by atoms with Crippen molar-refractivity contribution in [2.24, 2.45) is 0 Å². The topological polar surface area (TPSA) is 50.7 Å². The van der Waals surface area contributed by atoms with Gasteiger partial charge >= 0.3 is 0 Å². The molecule has 4 nitrogen and oxygen atoms in total. The van der Waals surface area contributed by atoms with Crippen molar-refractivity contribution in [2.75, 3.05) is 12.4 Å². The number of hydrogen-bond acceptors (Lipinski definition) is 6. The van der Waals surface area contributed by atoms with Gasteiger partial charge in [0, 0.05) is 19.0 Å². The molecule has 0 saturated heterocycles. The average Bonchev–Trinajstić information content (AvgIpc) is 3.27. The van der Waals surface area contributed by atoms with Crippen molar-refractivity contribution in [3.63, 3.8) is 0 Å². The largest absolute Gasteiger partial charge is 0.373 e. The molecule has 1 aliphatic carbocycles. The zero-order valence-electron chi connectivity index (χ0n) is 11.5. The minimum atomic E-state index is 0.549. The van der Waals surface area contributed by atoms with Crippen LogP contribution < -0.4 is 5.32 Å². The Morgan fingerprint density at radius 2 is 2.05 bits per heavy atom. The first-order valence-corrected chi connectivity index (χ1v) is 8.55. The molecule has 1 fully saturated rings. The SMILES string of the molecule is CNc1cc(Sc2nc3ccccc3s2)nc(C2CC2)n1. The molecule has 0 radical (unpaired) electrons. The summed E-state index contributed by atoms with van der Waals surface area (Å²) in [6, 6.07) is 10.2. The van der Waals surface area contributed by atoms with E-state index in [-0.39, 0.29) is 0 Å². The van der Waals surface area contributed by atoms with Crippen molar-refractivity contribution in [3.8, 4) is 0 Å². The number of thiazole rings is 1. The molecule has 1 saturated carbocycles. The van der Waals surface area contributed by atoms with Crippen molar-refractivity contribution in [1.29, 1.82) is 0 Å². The van der Waals surface area contributed by atoms with Gasteiger partial charge in [0.1, 0.15) is 16.7 Å². The number of benzene rings is 1. The standard InChI is InChI=1S/C15H14N4S2/c1-16-12-8-13(19-14(18-12)9-6-7-9)21-15-17-10-4-2-3-5-11(10)20-15/h2-5,8-9H,6-7H2,1H3,(H,16,18,19). The summed E-state index contributed by atoms with van der Waals surface area (Å²) >= 11 is 3.32. The lowest BCUT2D eigenvalue weighted by atomic mass is 10.3. The van der Waals surface area contributed by atoms with Crippen LogP contribution in [0.5, 0.6) is 0 Å². The molecule has 3 aromatic rings. The Bertz CT molecular complexity index is 762. The third-order valence-corrected chi connectivity index (χ3v) is 5.40. The van der Waals surface area contributed by atoms with E-state index >= 15 is 0 Å². The third-order valence-electron chi connectivity index (χ3n) is 3.38. The lowest BCUT2D eigenvalue weighted by Gasteiger charge is -2.05. The number of para-hydroxylation sites is 1. The average molecular weight is 314 g/mol. The van der Waals surface area contributed by atoms with Crippen LogP contribution in [0.25, 0.3) is 10.2 Å². The molecule has 1 aromatic carbocycles. The molecule has 0 bridgehead atoms. The molecule has 0 atom stereocenters. The highest BCUT2D eigenvalue weighted by Crippen LogP contribution is 2.40. The molecule has 4 rings (SSSR count). The van der Waals surface area contributed by atoms with Crippen molar-refractivity contribution in [1.82, 2.24) is 15.0 Å². The number of aromatic nitrogens is 3. The van der Waals surface area contributed by atoms with Gasteiger partial charge in [-0.1, -0.05) is 12.1 Å². The van der Waals surface area contributed by atoms with Gasteiger partial charge in [-0.3, -0.25) is 0 Å². The molecule has 1 N–H and O–H groups in total. The van der Waals surface area contributed by atoms with Crippen molar-refractivity contribution >= 4 is 39.1 Å². The predicted octanol–water partition coefficient (Wildman–Crippen LogP) is 4.16. The molecular formula is C15H14N4S2. The van der Waals surface area contributed by atoms with Crippen LogP contribution in [-0.4, -0.2) is 22.0 Å². The van der Waals surface area contributed by atoms with E-state index in [2.05, 4.69) is 26.3 Å². The van der Waals surface area contributed by atoms with E-state index in [1.807, 2.05) is 31.3 Å². The monoisotopic (exact) mass is 314 g/mol. The smallest absolute Gasteiger partial charge is 0.157 e. The number of fused-ring (bicyclic) bond motifs is 1.